The summed E-state index contributed by atoms with van der Waals surface area (Å²) in [6.07, 6.45) is 0.727. The molecule has 3 N–H and O–H groups in total. The quantitative estimate of drug-likeness (QED) is 0.500. The molecule has 8 heteroatoms. The van der Waals surface area contributed by atoms with E-state index < -0.39 is 6.09 Å². The van der Waals surface area contributed by atoms with Gasteiger partial charge in [0, 0.05) is 29.1 Å². The van der Waals surface area contributed by atoms with Gasteiger partial charge in [0.2, 0.25) is 5.91 Å². The monoisotopic (exact) mass is 345 g/mol. The molecule has 0 aliphatic carbocycles. The molecule has 0 saturated carbocycles. The van der Waals surface area contributed by atoms with Gasteiger partial charge in [-0.15, -0.1) is 0 Å². The van der Waals surface area contributed by atoms with Crippen LogP contribution in [0.1, 0.15) is 18.4 Å². The average molecular weight is 346 g/mol. The highest BCUT2D eigenvalue weighted by Gasteiger charge is 2.27. The van der Waals surface area contributed by atoms with Crippen molar-refractivity contribution in [1.82, 2.24) is 10.3 Å². The molecule has 1 aliphatic rings. The van der Waals surface area contributed by atoms with Crippen molar-refractivity contribution in [3.8, 4) is 0 Å². The Bertz CT molecular complexity index is 540. The summed E-state index contributed by atoms with van der Waals surface area (Å²) in [7, 11) is 0. The number of nitrogens with zero attached hydrogens (tertiary/aromatic N) is 1. The first-order chi connectivity index (χ1) is 10.5. The largest absolute Gasteiger partial charge is 0.445 e. The summed E-state index contributed by atoms with van der Waals surface area (Å²) in [6.45, 7) is 1.03. The Labute approximate surface area is 138 Å². The molecule has 120 valence electrons. The molecular weight excluding hydrogens is 329 g/mol. The number of carbonyl (C=O) groups is 2. The van der Waals surface area contributed by atoms with E-state index in [0.29, 0.717) is 36.0 Å². The van der Waals surface area contributed by atoms with Gasteiger partial charge in [-0.05, 0) is 36.6 Å². The molecule has 1 saturated heterocycles. The van der Waals surface area contributed by atoms with E-state index in [0.717, 1.165) is 5.56 Å². The zero-order valence-electron chi connectivity index (χ0n) is 11.9. The van der Waals surface area contributed by atoms with Crippen LogP contribution in [0.2, 0.25) is 10.0 Å². The summed E-state index contributed by atoms with van der Waals surface area (Å²) in [5, 5.41) is 0.985. The van der Waals surface area contributed by atoms with Gasteiger partial charge in [-0.3, -0.25) is 10.2 Å². The van der Waals surface area contributed by atoms with Gasteiger partial charge in [0.05, 0.1) is 0 Å². The Balaban J connectivity index is 1.82. The maximum atomic E-state index is 12.0. The second kappa shape index (κ2) is 7.67. The molecular formula is C14H17Cl2N3O3. The number of carbonyl (C=O) groups excluding carboxylic acids is 2. The number of hydrogen-bond acceptors (Lipinski definition) is 4. The highest BCUT2D eigenvalue weighted by atomic mass is 35.5. The van der Waals surface area contributed by atoms with Crippen molar-refractivity contribution in [2.75, 3.05) is 13.1 Å². The van der Waals surface area contributed by atoms with Crippen LogP contribution in [0.15, 0.2) is 18.2 Å². The minimum Gasteiger partial charge on any atom is -0.445 e. The van der Waals surface area contributed by atoms with Gasteiger partial charge in [0.15, 0.2) is 0 Å². The molecule has 2 rings (SSSR count). The van der Waals surface area contributed by atoms with Gasteiger partial charge in [-0.1, -0.05) is 23.2 Å². The van der Waals surface area contributed by atoms with Crippen molar-refractivity contribution in [3.63, 3.8) is 0 Å². The lowest BCUT2D eigenvalue weighted by Crippen LogP contribution is -2.44. The number of nitrogens with one attached hydrogen (secondary N) is 1. The zero-order chi connectivity index (χ0) is 16.1. The minimum absolute atomic E-state index is 0.0995. The summed E-state index contributed by atoms with van der Waals surface area (Å²) in [4.78, 5) is 25.0. The van der Waals surface area contributed by atoms with Crippen LogP contribution in [0.25, 0.3) is 0 Å². The van der Waals surface area contributed by atoms with Crippen molar-refractivity contribution in [1.29, 1.82) is 0 Å². The van der Waals surface area contributed by atoms with Gasteiger partial charge in [-0.25, -0.2) is 10.6 Å². The average Bonchev–Trinajstić information content (AvgIpc) is 2.51. The second-order valence-electron chi connectivity index (χ2n) is 5.10. The van der Waals surface area contributed by atoms with Crippen LogP contribution in [0.3, 0.4) is 0 Å². The normalized spacial score (nSPS) is 15.5. The smallest absolute Gasteiger partial charge is 0.410 e. The summed E-state index contributed by atoms with van der Waals surface area (Å²) in [5.74, 6) is 4.76. The van der Waals surface area contributed by atoms with Crippen LogP contribution in [0, 0.1) is 5.92 Å². The maximum absolute atomic E-state index is 12.0. The number of hydrazine groups is 1. The number of ether oxygens (including phenoxy) is 1. The van der Waals surface area contributed by atoms with Gasteiger partial charge >= 0.3 is 6.09 Å². The number of amides is 2. The van der Waals surface area contributed by atoms with Gasteiger partial charge in [0.25, 0.3) is 0 Å². The van der Waals surface area contributed by atoms with Crippen LogP contribution < -0.4 is 11.3 Å². The van der Waals surface area contributed by atoms with Crippen molar-refractivity contribution >= 4 is 35.2 Å². The SMILES string of the molecule is NNC(=O)C1CCN(C(=O)OCc2cc(Cl)cc(Cl)c2)CC1. The Morgan fingerprint density at radius 1 is 1.23 bits per heavy atom. The van der Waals surface area contributed by atoms with Crippen molar-refractivity contribution in [3.05, 3.63) is 33.8 Å². The molecule has 22 heavy (non-hydrogen) atoms. The van der Waals surface area contributed by atoms with E-state index in [1.165, 1.54) is 0 Å². The highest BCUT2D eigenvalue weighted by Crippen LogP contribution is 2.21. The standard InChI is InChI=1S/C14H17Cl2N3O3/c15-11-5-9(6-12(16)7-11)8-22-14(21)19-3-1-10(2-4-19)13(20)18-17/h5-7,10H,1-4,8,17H2,(H,18,20). The molecule has 0 unspecified atom stereocenters. The Kier molecular flexibility index (Phi) is 5.88. The molecule has 1 aromatic rings. The molecule has 2 amide bonds. The summed E-state index contributed by atoms with van der Waals surface area (Å²) < 4.78 is 5.24. The first kappa shape index (κ1) is 16.9. The molecule has 0 bridgehead atoms. The fraction of sp³-hybridized carbons (Fsp3) is 0.429. The lowest BCUT2D eigenvalue weighted by atomic mass is 9.96. The fourth-order valence-corrected chi connectivity index (χ4v) is 2.94. The molecule has 0 spiro atoms. The van der Waals surface area contributed by atoms with Crippen LogP contribution >= 0.6 is 23.2 Å². The number of likely N-dealkylation sites (tertiary alicyclic amines) is 1. The predicted molar refractivity (Wildman–Crippen MR) is 83.3 cm³/mol. The summed E-state index contributed by atoms with van der Waals surface area (Å²) >= 11 is 11.8. The number of nitrogens with two attached hydrogens (primary N) is 1. The zero-order valence-corrected chi connectivity index (χ0v) is 13.4. The number of rotatable bonds is 3. The van der Waals surface area contributed by atoms with E-state index >= 15 is 0 Å². The first-order valence-corrected chi connectivity index (χ1v) is 7.62. The van der Waals surface area contributed by atoms with E-state index in [1.807, 2.05) is 0 Å². The Morgan fingerprint density at radius 3 is 2.36 bits per heavy atom. The number of halogens is 2. The molecule has 6 nitrogen and oxygen atoms in total. The van der Waals surface area contributed by atoms with Crippen LogP contribution in [-0.2, 0) is 16.1 Å². The molecule has 0 aromatic heterocycles. The number of hydrogen-bond donors (Lipinski definition) is 2. The van der Waals surface area contributed by atoms with Crippen molar-refractivity contribution < 1.29 is 14.3 Å². The predicted octanol–water partition coefficient (Wildman–Crippen LogP) is 2.33. The molecule has 1 aromatic carbocycles. The molecule has 1 fully saturated rings. The maximum Gasteiger partial charge on any atom is 0.410 e. The fourth-order valence-electron chi connectivity index (χ4n) is 2.37. The minimum atomic E-state index is -0.414. The number of piperidine rings is 1. The van der Waals surface area contributed by atoms with E-state index in [-0.39, 0.29) is 18.4 Å². The summed E-state index contributed by atoms with van der Waals surface area (Å²) in [5.41, 5.74) is 2.86. The van der Waals surface area contributed by atoms with Crippen LogP contribution in [-0.4, -0.2) is 30.0 Å². The van der Waals surface area contributed by atoms with Crippen LogP contribution in [0.5, 0.6) is 0 Å². The Morgan fingerprint density at radius 2 is 1.82 bits per heavy atom. The second-order valence-corrected chi connectivity index (χ2v) is 5.98. The van der Waals surface area contributed by atoms with E-state index in [4.69, 9.17) is 33.8 Å². The van der Waals surface area contributed by atoms with Crippen molar-refractivity contribution in [2.24, 2.45) is 11.8 Å². The number of benzene rings is 1. The van der Waals surface area contributed by atoms with E-state index in [1.54, 1.807) is 23.1 Å². The third-order valence-corrected chi connectivity index (χ3v) is 3.99. The Hall–Kier alpha value is -1.50. The molecule has 0 radical (unpaired) electrons. The van der Waals surface area contributed by atoms with Crippen LogP contribution in [0.4, 0.5) is 4.79 Å². The molecule has 0 atom stereocenters. The third-order valence-electron chi connectivity index (χ3n) is 3.55. The highest BCUT2D eigenvalue weighted by molar-refractivity contribution is 6.34. The lowest BCUT2D eigenvalue weighted by Gasteiger charge is -2.30. The van der Waals surface area contributed by atoms with E-state index in [9.17, 15) is 9.59 Å². The van der Waals surface area contributed by atoms with Gasteiger partial charge in [0.1, 0.15) is 6.61 Å². The first-order valence-electron chi connectivity index (χ1n) is 6.86. The topological polar surface area (TPSA) is 84.7 Å². The van der Waals surface area contributed by atoms with Crippen molar-refractivity contribution in [2.45, 2.75) is 19.4 Å². The molecule has 1 aliphatic heterocycles. The van der Waals surface area contributed by atoms with E-state index in [2.05, 4.69) is 5.43 Å². The third kappa shape index (κ3) is 4.50. The summed E-state index contributed by atoms with van der Waals surface area (Å²) in [6, 6.07) is 5.00. The molecule has 1 heterocycles. The van der Waals surface area contributed by atoms with Gasteiger partial charge in [-0.2, -0.15) is 0 Å². The lowest BCUT2D eigenvalue weighted by molar-refractivity contribution is -0.126. The van der Waals surface area contributed by atoms with Gasteiger partial charge < -0.3 is 9.64 Å².